The van der Waals surface area contributed by atoms with Gasteiger partial charge in [-0.25, -0.2) is 0 Å². The SMILES string of the molecule is Cc1ccc(C2CCCN2C(=O)Cc2ccccc2Cl)cc1. The Morgan fingerprint density at radius 2 is 1.91 bits per heavy atom. The fourth-order valence-electron chi connectivity index (χ4n) is 3.11. The van der Waals surface area contributed by atoms with Crippen molar-refractivity contribution in [2.24, 2.45) is 0 Å². The zero-order valence-corrected chi connectivity index (χ0v) is 13.5. The van der Waals surface area contributed by atoms with Crippen LogP contribution in [0.15, 0.2) is 48.5 Å². The van der Waals surface area contributed by atoms with Gasteiger partial charge < -0.3 is 4.90 Å². The van der Waals surface area contributed by atoms with Crippen LogP contribution in [0.3, 0.4) is 0 Å². The fraction of sp³-hybridized carbons (Fsp3) is 0.316. The van der Waals surface area contributed by atoms with Gasteiger partial charge in [0.2, 0.25) is 5.91 Å². The molecule has 22 heavy (non-hydrogen) atoms. The predicted octanol–water partition coefficient (Wildman–Crippen LogP) is 4.55. The number of carbonyl (C=O) groups is 1. The van der Waals surface area contributed by atoms with Crippen LogP contribution in [0.25, 0.3) is 0 Å². The summed E-state index contributed by atoms with van der Waals surface area (Å²) in [5.74, 6) is 0.163. The maximum absolute atomic E-state index is 12.7. The number of aryl methyl sites for hydroxylation is 1. The van der Waals surface area contributed by atoms with E-state index in [0.29, 0.717) is 11.4 Å². The van der Waals surface area contributed by atoms with Crippen LogP contribution in [0.1, 0.15) is 35.6 Å². The summed E-state index contributed by atoms with van der Waals surface area (Å²) in [6, 6.07) is 16.3. The van der Waals surface area contributed by atoms with Crippen LogP contribution in [0, 0.1) is 6.92 Å². The summed E-state index contributed by atoms with van der Waals surface area (Å²) < 4.78 is 0. The number of nitrogens with zero attached hydrogens (tertiary/aromatic N) is 1. The average Bonchev–Trinajstić information content (AvgIpc) is 3.00. The molecule has 2 nitrogen and oxygen atoms in total. The minimum atomic E-state index is 0.163. The van der Waals surface area contributed by atoms with Crippen LogP contribution in [0.4, 0.5) is 0 Å². The number of likely N-dealkylation sites (tertiary alicyclic amines) is 1. The van der Waals surface area contributed by atoms with E-state index < -0.39 is 0 Å². The smallest absolute Gasteiger partial charge is 0.227 e. The van der Waals surface area contributed by atoms with E-state index in [1.54, 1.807) is 0 Å². The van der Waals surface area contributed by atoms with Gasteiger partial charge in [0, 0.05) is 11.6 Å². The zero-order valence-electron chi connectivity index (χ0n) is 12.8. The number of amides is 1. The highest BCUT2D eigenvalue weighted by Crippen LogP contribution is 2.32. The molecule has 0 N–H and O–H groups in total. The summed E-state index contributed by atoms with van der Waals surface area (Å²) in [4.78, 5) is 14.7. The second-order valence-electron chi connectivity index (χ2n) is 5.92. The molecule has 1 aliphatic rings. The Bertz CT molecular complexity index is 665. The third-order valence-electron chi connectivity index (χ3n) is 4.33. The lowest BCUT2D eigenvalue weighted by Gasteiger charge is -2.25. The molecular weight excluding hydrogens is 294 g/mol. The van der Waals surface area contributed by atoms with Crippen LogP contribution in [-0.4, -0.2) is 17.4 Å². The molecule has 3 heteroatoms. The third kappa shape index (κ3) is 3.17. The molecule has 1 unspecified atom stereocenters. The van der Waals surface area contributed by atoms with Crippen molar-refractivity contribution in [2.75, 3.05) is 6.54 Å². The predicted molar refractivity (Wildman–Crippen MR) is 90.0 cm³/mol. The highest BCUT2D eigenvalue weighted by Gasteiger charge is 2.29. The van der Waals surface area contributed by atoms with Gasteiger partial charge in [0.15, 0.2) is 0 Å². The maximum atomic E-state index is 12.7. The number of benzene rings is 2. The van der Waals surface area contributed by atoms with E-state index in [0.717, 1.165) is 24.9 Å². The van der Waals surface area contributed by atoms with Gasteiger partial charge >= 0.3 is 0 Å². The molecule has 1 atom stereocenters. The first-order chi connectivity index (χ1) is 10.6. The van der Waals surface area contributed by atoms with E-state index in [1.165, 1.54) is 11.1 Å². The summed E-state index contributed by atoms with van der Waals surface area (Å²) >= 11 is 6.18. The van der Waals surface area contributed by atoms with Crippen LogP contribution in [0.2, 0.25) is 5.02 Å². The fourth-order valence-corrected chi connectivity index (χ4v) is 3.31. The lowest BCUT2D eigenvalue weighted by molar-refractivity contribution is -0.131. The molecule has 114 valence electrons. The molecule has 3 rings (SSSR count). The number of rotatable bonds is 3. The first-order valence-corrected chi connectivity index (χ1v) is 8.12. The van der Waals surface area contributed by atoms with E-state index in [-0.39, 0.29) is 11.9 Å². The van der Waals surface area contributed by atoms with Gasteiger partial charge in [-0.2, -0.15) is 0 Å². The molecule has 0 saturated carbocycles. The largest absolute Gasteiger partial charge is 0.335 e. The molecule has 1 aliphatic heterocycles. The van der Waals surface area contributed by atoms with E-state index >= 15 is 0 Å². The molecule has 2 aromatic rings. The van der Waals surface area contributed by atoms with Crippen LogP contribution in [-0.2, 0) is 11.2 Å². The Labute approximate surface area is 136 Å². The molecule has 1 fully saturated rings. The molecule has 2 aromatic carbocycles. The number of halogens is 1. The number of carbonyl (C=O) groups excluding carboxylic acids is 1. The first-order valence-electron chi connectivity index (χ1n) is 7.74. The van der Waals surface area contributed by atoms with Gasteiger partial charge in [0.05, 0.1) is 12.5 Å². The van der Waals surface area contributed by atoms with Crippen molar-refractivity contribution < 1.29 is 4.79 Å². The maximum Gasteiger partial charge on any atom is 0.227 e. The van der Waals surface area contributed by atoms with Gasteiger partial charge in [-0.15, -0.1) is 0 Å². The van der Waals surface area contributed by atoms with Gasteiger partial charge in [0.1, 0.15) is 0 Å². The van der Waals surface area contributed by atoms with Crippen molar-refractivity contribution in [1.29, 1.82) is 0 Å². The monoisotopic (exact) mass is 313 g/mol. The summed E-state index contributed by atoms with van der Waals surface area (Å²) in [6.07, 6.45) is 2.48. The van der Waals surface area contributed by atoms with Crippen molar-refractivity contribution >= 4 is 17.5 Å². The van der Waals surface area contributed by atoms with Gasteiger partial charge in [0.25, 0.3) is 0 Å². The Morgan fingerprint density at radius 1 is 1.18 bits per heavy atom. The van der Waals surface area contributed by atoms with Gasteiger partial charge in [-0.05, 0) is 37.0 Å². The van der Waals surface area contributed by atoms with Crippen molar-refractivity contribution in [3.63, 3.8) is 0 Å². The Morgan fingerprint density at radius 3 is 2.64 bits per heavy atom. The average molecular weight is 314 g/mol. The quantitative estimate of drug-likeness (QED) is 0.813. The Hall–Kier alpha value is -1.80. The Balaban J connectivity index is 1.76. The highest BCUT2D eigenvalue weighted by molar-refractivity contribution is 6.31. The molecular formula is C19H20ClNO. The highest BCUT2D eigenvalue weighted by atomic mass is 35.5. The molecule has 0 bridgehead atoms. The van der Waals surface area contributed by atoms with E-state index in [9.17, 15) is 4.79 Å². The van der Waals surface area contributed by atoms with E-state index in [1.807, 2.05) is 29.2 Å². The van der Waals surface area contributed by atoms with Crippen LogP contribution < -0.4 is 0 Å². The molecule has 1 saturated heterocycles. The van der Waals surface area contributed by atoms with Gasteiger partial charge in [-0.3, -0.25) is 4.79 Å². The van der Waals surface area contributed by atoms with Crippen molar-refractivity contribution in [2.45, 2.75) is 32.2 Å². The lowest BCUT2D eigenvalue weighted by Crippen LogP contribution is -2.31. The van der Waals surface area contributed by atoms with Crippen LogP contribution >= 0.6 is 11.6 Å². The minimum Gasteiger partial charge on any atom is -0.335 e. The summed E-state index contributed by atoms with van der Waals surface area (Å²) in [6.45, 7) is 2.92. The topological polar surface area (TPSA) is 20.3 Å². The summed E-state index contributed by atoms with van der Waals surface area (Å²) in [5.41, 5.74) is 3.38. The lowest BCUT2D eigenvalue weighted by atomic mass is 10.0. The third-order valence-corrected chi connectivity index (χ3v) is 4.70. The molecule has 1 amide bonds. The molecule has 0 spiro atoms. The summed E-state index contributed by atoms with van der Waals surface area (Å²) in [7, 11) is 0. The minimum absolute atomic E-state index is 0.163. The van der Waals surface area contributed by atoms with E-state index in [2.05, 4.69) is 31.2 Å². The first kappa shape index (κ1) is 15.1. The second kappa shape index (κ2) is 6.53. The standard InChI is InChI=1S/C19H20ClNO/c1-14-8-10-15(11-9-14)18-7-4-12-21(18)19(22)13-16-5-2-3-6-17(16)20/h2-3,5-6,8-11,18H,4,7,12-13H2,1H3. The number of hydrogen-bond donors (Lipinski definition) is 0. The van der Waals surface area contributed by atoms with Crippen molar-refractivity contribution in [1.82, 2.24) is 4.90 Å². The van der Waals surface area contributed by atoms with E-state index in [4.69, 9.17) is 11.6 Å². The molecule has 0 aromatic heterocycles. The molecule has 0 aliphatic carbocycles. The normalized spacial score (nSPS) is 17.7. The second-order valence-corrected chi connectivity index (χ2v) is 6.33. The van der Waals surface area contributed by atoms with Crippen molar-refractivity contribution in [3.05, 3.63) is 70.2 Å². The van der Waals surface area contributed by atoms with Crippen molar-refractivity contribution in [3.8, 4) is 0 Å². The number of hydrogen-bond acceptors (Lipinski definition) is 1. The molecule has 0 radical (unpaired) electrons. The zero-order chi connectivity index (χ0) is 15.5. The van der Waals surface area contributed by atoms with Crippen LogP contribution in [0.5, 0.6) is 0 Å². The molecule has 1 heterocycles. The Kier molecular flexibility index (Phi) is 4.49. The summed E-state index contributed by atoms with van der Waals surface area (Å²) in [5, 5.41) is 0.668. The van der Waals surface area contributed by atoms with Gasteiger partial charge in [-0.1, -0.05) is 59.6 Å².